The second-order valence-electron chi connectivity index (χ2n) is 7.89. The summed E-state index contributed by atoms with van der Waals surface area (Å²) in [6.45, 7) is 10.1. The highest BCUT2D eigenvalue weighted by atomic mass is 32.2. The SMILES string of the molecule is Cc1n[nH]c(C)c1S(=O)(=O)NCC(CC(C)C)N1CCc2ccccc2C1. The molecule has 2 heterocycles. The normalized spacial score (nSPS) is 16.5. The summed E-state index contributed by atoms with van der Waals surface area (Å²) in [5, 5.41) is 6.78. The molecular formula is C20H30N4O2S. The van der Waals surface area contributed by atoms with Crippen LogP contribution in [-0.4, -0.2) is 42.6 Å². The summed E-state index contributed by atoms with van der Waals surface area (Å²) in [5.41, 5.74) is 3.84. The van der Waals surface area contributed by atoms with Crippen LogP contribution in [0.2, 0.25) is 0 Å². The third-order valence-electron chi connectivity index (χ3n) is 5.26. The minimum Gasteiger partial charge on any atom is -0.294 e. The van der Waals surface area contributed by atoms with E-state index in [1.165, 1.54) is 11.1 Å². The number of sulfonamides is 1. The van der Waals surface area contributed by atoms with Crippen molar-refractivity contribution in [2.75, 3.05) is 13.1 Å². The molecule has 0 spiro atoms. The lowest BCUT2D eigenvalue weighted by Crippen LogP contribution is -2.46. The Bertz CT molecular complexity index is 870. The molecule has 0 saturated carbocycles. The molecule has 1 unspecified atom stereocenters. The number of nitrogens with zero attached hydrogens (tertiary/aromatic N) is 2. The van der Waals surface area contributed by atoms with E-state index in [0.29, 0.717) is 23.9 Å². The predicted octanol–water partition coefficient (Wildman–Crippen LogP) is 2.78. The third-order valence-corrected chi connectivity index (χ3v) is 6.94. The van der Waals surface area contributed by atoms with Crippen LogP contribution in [0.4, 0.5) is 0 Å². The summed E-state index contributed by atoms with van der Waals surface area (Å²) >= 11 is 0. The maximum Gasteiger partial charge on any atom is 0.244 e. The summed E-state index contributed by atoms with van der Waals surface area (Å²) < 4.78 is 28.5. The van der Waals surface area contributed by atoms with E-state index >= 15 is 0 Å². The van der Waals surface area contributed by atoms with E-state index in [0.717, 1.165) is 25.9 Å². The van der Waals surface area contributed by atoms with Crippen molar-refractivity contribution in [3.8, 4) is 0 Å². The second-order valence-corrected chi connectivity index (χ2v) is 9.59. The van der Waals surface area contributed by atoms with Gasteiger partial charge in [-0.15, -0.1) is 0 Å². The standard InChI is InChI=1S/C20H30N4O2S/c1-14(2)11-19(24-10-9-17-7-5-6-8-18(17)13-24)12-21-27(25,26)20-15(3)22-23-16(20)4/h5-8,14,19,21H,9-13H2,1-4H3,(H,22,23). The molecular weight excluding hydrogens is 360 g/mol. The van der Waals surface area contributed by atoms with Crippen molar-refractivity contribution < 1.29 is 8.42 Å². The molecule has 0 radical (unpaired) electrons. The Morgan fingerprint density at radius 1 is 1.22 bits per heavy atom. The van der Waals surface area contributed by atoms with Gasteiger partial charge in [-0.3, -0.25) is 10.00 Å². The summed E-state index contributed by atoms with van der Waals surface area (Å²) in [4.78, 5) is 2.69. The summed E-state index contributed by atoms with van der Waals surface area (Å²) in [6, 6.07) is 8.70. The Hall–Kier alpha value is -1.70. The first-order chi connectivity index (χ1) is 12.8. The third kappa shape index (κ3) is 4.59. The van der Waals surface area contributed by atoms with Gasteiger partial charge in [-0.05, 0) is 43.7 Å². The molecule has 148 valence electrons. The number of fused-ring (bicyclic) bond motifs is 1. The number of hydrogen-bond acceptors (Lipinski definition) is 4. The van der Waals surface area contributed by atoms with Crippen LogP contribution in [0.3, 0.4) is 0 Å². The monoisotopic (exact) mass is 390 g/mol. The van der Waals surface area contributed by atoms with E-state index in [-0.39, 0.29) is 10.9 Å². The molecule has 6 nitrogen and oxygen atoms in total. The van der Waals surface area contributed by atoms with Crippen LogP contribution in [-0.2, 0) is 23.0 Å². The van der Waals surface area contributed by atoms with Gasteiger partial charge in [0.1, 0.15) is 4.90 Å². The van der Waals surface area contributed by atoms with Gasteiger partial charge in [0, 0.05) is 25.7 Å². The molecule has 0 saturated heterocycles. The molecule has 0 fully saturated rings. The zero-order chi connectivity index (χ0) is 19.6. The lowest BCUT2D eigenvalue weighted by Gasteiger charge is -2.36. The van der Waals surface area contributed by atoms with Gasteiger partial charge in [0.25, 0.3) is 0 Å². The molecule has 3 rings (SSSR count). The highest BCUT2D eigenvalue weighted by Crippen LogP contribution is 2.23. The highest BCUT2D eigenvalue weighted by molar-refractivity contribution is 7.89. The van der Waals surface area contributed by atoms with E-state index in [1.54, 1.807) is 13.8 Å². The number of hydrogen-bond donors (Lipinski definition) is 2. The zero-order valence-electron chi connectivity index (χ0n) is 16.6. The van der Waals surface area contributed by atoms with Crippen molar-refractivity contribution >= 4 is 10.0 Å². The molecule has 0 bridgehead atoms. The minimum absolute atomic E-state index is 0.167. The van der Waals surface area contributed by atoms with Crippen molar-refractivity contribution in [1.29, 1.82) is 0 Å². The van der Waals surface area contributed by atoms with Crippen LogP contribution in [0.15, 0.2) is 29.2 Å². The fraction of sp³-hybridized carbons (Fsp3) is 0.550. The Balaban J connectivity index is 1.74. The molecule has 1 aromatic carbocycles. The predicted molar refractivity (Wildman–Crippen MR) is 107 cm³/mol. The Labute approximate surface area is 162 Å². The first-order valence-electron chi connectivity index (χ1n) is 9.60. The van der Waals surface area contributed by atoms with Crippen molar-refractivity contribution in [1.82, 2.24) is 19.8 Å². The maximum absolute atomic E-state index is 12.8. The van der Waals surface area contributed by atoms with Gasteiger partial charge in [-0.25, -0.2) is 13.1 Å². The number of nitrogens with one attached hydrogen (secondary N) is 2. The number of aromatic nitrogens is 2. The molecule has 1 aliphatic rings. The zero-order valence-corrected chi connectivity index (χ0v) is 17.4. The van der Waals surface area contributed by atoms with Crippen LogP contribution in [0.5, 0.6) is 0 Å². The molecule has 2 aromatic rings. The van der Waals surface area contributed by atoms with E-state index in [9.17, 15) is 8.42 Å². The molecule has 0 aliphatic carbocycles. The molecule has 7 heteroatoms. The summed E-state index contributed by atoms with van der Waals surface area (Å²) in [6.07, 6.45) is 1.96. The van der Waals surface area contributed by atoms with Crippen LogP contribution >= 0.6 is 0 Å². The number of H-pyrrole nitrogens is 1. The van der Waals surface area contributed by atoms with Gasteiger partial charge < -0.3 is 0 Å². The molecule has 0 amide bonds. The van der Waals surface area contributed by atoms with E-state index in [1.807, 2.05) is 0 Å². The fourth-order valence-corrected chi connectivity index (χ4v) is 5.39. The van der Waals surface area contributed by atoms with E-state index < -0.39 is 10.0 Å². The average molecular weight is 391 g/mol. The molecule has 2 N–H and O–H groups in total. The summed E-state index contributed by atoms with van der Waals surface area (Å²) in [7, 11) is -3.58. The molecule has 1 atom stereocenters. The number of rotatable bonds is 7. The van der Waals surface area contributed by atoms with Crippen molar-refractivity contribution in [2.45, 2.75) is 58.0 Å². The van der Waals surface area contributed by atoms with Gasteiger partial charge in [0.05, 0.1) is 11.4 Å². The molecule has 1 aliphatic heterocycles. The average Bonchev–Trinajstić information content (AvgIpc) is 2.97. The summed E-state index contributed by atoms with van der Waals surface area (Å²) in [5.74, 6) is 0.495. The van der Waals surface area contributed by atoms with Crippen molar-refractivity contribution in [2.24, 2.45) is 5.92 Å². The Morgan fingerprint density at radius 3 is 2.56 bits per heavy atom. The van der Waals surface area contributed by atoms with Crippen molar-refractivity contribution in [3.63, 3.8) is 0 Å². The van der Waals surface area contributed by atoms with E-state index in [2.05, 4.69) is 57.9 Å². The van der Waals surface area contributed by atoms with Crippen LogP contribution in [0.25, 0.3) is 0 Å². The Kier molecular flexibility index (Phi) is 6.03. The number of aryl methyl sites for hydroxylation is 2. The van der Waals surface area contributed by atoms with Gasteiger partial charge >= 0.3 is 0 Å². The topological polar surface area (TPSA) is 78.1 Å². The molecule has 27 heavy (non-hydrogen) atoms. The van der Waals surface area contributed by atoms with Gasteiger partial charge in [0.2, 0.25) is 10.0 Å². The quantitative estimate of drug-likeness (QED) is 0.762. The molecule has 1 aromatic heterocycles. The van der Waals surface area contributed by atoms with Crippen LogP contribution in [0.1, 0.15) is 42.8 Å². The highest BCUT2D eigenvalue weighted by Gasteiger charge is 2.27. The first-order valence-corrected chi connectivity index (χ1v) is 11.1. The lowest BCUT2D eigenvalue weighted by atomic mass is 9.96. The minimum atomic E-state index is -3.58. The van der Waals surface area contributed by atoms with Gasteiger partial charge in [-0.1, -0.05) is 38.1 Å². The number of aromatic amines is 1. The van der Waals surface area contributed by atoms with Gasteiger partial charge in [0.15, 0.2) is 0 Å². The first kappa shape index (κ1) is 20.0. The second kappa shape index (κ2) is 8.12. The van der Waals surface area contributed by atoms with Crippen LogP contribution in [0, 0.1) is 19.8 Å². The number of benzene rings is 1. The van der Waals surface area contributed by atoms with Crippen LogP contribution < -0.4 is 4.72 Å². The van der Waals surface area contributed by atoms with Crippen molar-refractivity contribution in [3.05, 3.63) is 46.8 Å². The largest absolute Gasteiger partial charge is 0.294 e. The van der Waals surface area contributed by atoms with E-state index in [4.69, 9.17) is 0 Å². The fourth-order valence-electron chi connectivity index (χ4n) is 3.95. The van der Waals surface area contributed by atoms with Gasteiger partial charge in [-0.2, -0.15) is 5.10 Å². The Morgan fingerprint density at radius 2 is 1.93 bits per heavy atom. The maximum atomic E-state index is 12.8. The smallest absolute Gasteiger partial charge is 0.244 e. The lowest BCUT2D eigenvalue weighted by molar-refractivity contribution is 0.158.